The molecule has 0 radical (unpaired) electrons. The number of aromatic nitrogens is 2. The van der Waals surface area contributed by atoms with E-state index in [-0.39, 0.29) is 22.8 Å². The second-order valence-corrected chi connectivity index (χ2v) is 4.12. The van der Waals surface area contributed by atoms with Crippen molar-refractivity contribution in [2.75, 3.05) is 0 Å². The minimum absolute atomic E-state index is 0.00335. The number of amides is 1. The molecule has 0 aliphatic rings. The van der Waals surface area contributed by atoms with Crippen LogP contribution < -0.4 is 5.32 Å². The molecule has 1 amide bonds. The minimum Gasteiger partial charge on any atom is -0.348 e. The van der Waals surface area contributed by atoms with Crippen LogP contribution in [0.4, 0.5) is 5.69 Å². The normalized spacial score (nSPS) is 10.2. The van der Waals surface area contributed by atoms with Crippen molar-refractivity contribution < 1.29 is 9.72 Å². The van der Waals surface area contributed by atoms with Crippen LogP contribution in [0.2, 0.25) is 5.02 Å². The Labute approximate surface area is 112 Å². The van der Waals surface area contributed by atoms with Crippen molar-refractivity contribution >= 4 is 23.2 Å². The summed E-state index contributed by atoms with van der Waals surface area (Å²) in [4.78, 5) is 21.9. The van der Waals surface area contributed by atoms with Gasteiger partial charge in [0.2, 0.25) is 0 Å². The third kappa shape index (κ3) is 3.08. The quantitative estimate of drug-likeness (QED) is 0.659. The summed E-state index contributed by atoms with van der Waals surface area (Å²) in [6.07, 6.45) is 3.22. The molecule has 0 unspecified atom stereocenters. The van der Waals surface area contributed by atoms with Crippen LogP contribution >= 0.6 is 11.6 Å². The lowest BCUT2D eigenvalue weighted by atomic mass is 10.2. The van der Waals surface area contributed by atoms with E-state index in [1.165, 1.54) is 12.1 Å². The Kier molecular flexibility index (Phi) is 3.76. The van der Waals surface area contributed by atoms with Gasteiger partial charge in [0.25, 0.3) is 11.6 Å². The van der Waals surface area contributed by atoms with Crippen molar-refractivity contribution in [3.8, 4) is 0 Å². The van der Waals surface area contributed by atoms with Crippen LogP contribution in [-0.4, -0.2) is 21.0 Å². The van der Waals surface area contributed by atoms with Gasteiger partial charge in [-0.3, -0.25) is 20.0 Å². The van der Waals surface area contributed by atoms with Crippen LogP contribution in [0.15, 0.2) is 30.6 Å². The van der Waals surface area contributed by atoms with Gasteiger partial charge in [-0.1, -0.05) is 11.6 Å². The second kappa shape index (κ2) is 5.49. The van der Waals surface area contributed by atoms with Crippen LogP contribution in [0.1, 0.15) is 15.9 Å². The topological polar surface area (TPSA) is 101 Å². The number of aromatic amines is 1. The van der Waals surface area contributed by atoms with E-state index >= 15 is 0 Å². The summed E-state index contributed by atoms with van der Waals surface area (Å²) in [6, 6.07) is 3.90. The Hall–Kier alpha value is -2.41. The third-order valence-corrected chi connectivity index (χ3v) is 2.73. The van der Waals surface area contributed by atoms with Gasteiger partial charge < -0.3 is 5.32 Å². The molecule has 2 aromatic rings. The number of nitrogens with zero attached hydrogens (tertiary/aromatic N) is 2. The Bertz CT molecular complexity index is 612. The number of nitro benzene ring substituents is 1. The van der Waals surface area contributed by atoms with Crippen molar-refractivity contribution in [3.63, 3.8) is 0 Å². The molecule has 7 nitrogen and oxygen atoms in total. The van der Waals surface area contributed by atoms with Gasteiger partial charge in [0.15, 0.2) is 0 Å². The summed E-state index contributed by atoms with van der Waals surface area (Å²) < 4.78 is 0. The molecule has 0 aliphatic heterocycles. The lowest BCUT2D eigenvalue weighted by Crippen LogP contribution is -2.22. The molecule has 0 fully saturated rings. The van der Waals surface area contributed by atoms with E-state index in [0.29, 0.717) is 0 Å². The molecule has 0 atom stereocenters. The van der Waals surface area contributed by atoms with Crippen molar-refractivity contribution in [1.82, 2.24) is 15.5 Å². The van der Waals surface area contributed by atoms with Crippen molar-refractivity contribution in [1.29, 1.82) is 0 Å². The molecule has 0 spiro atoms. The molecule has 1 aromatic carbocycles. The van der Waals surface area contributed by atoms with Gasteiger partial charge in [-0.15, -0.1) is 0 Å². The molecule has 1 aromatic heterocycles. The van der Waals surface area contributed by atoms with Crippen molar-refractivity contribution in [2.24, 2.45) is 0 Å². The van der Waals surface area contributed by atoms with Crippen LogP contribution in [0.3, 0.4) is 0 Å². The fourth-order valence-corrected chi connectivity index (χ4v) is 1.64. The Morgan fingerprint density at radius 1 is 1.53 bits per heavy atom. The van der Waals surface area contributed by atoms with E-state index in [9.17, 15) is 14.9 Å². The summed E-state index contributed by atoms with van der Waals surface area (Å²) in [5.41, 5.74) is 0.689. The molecule has 1 heterocycles. The zero-order chi connectivity index (χ0) is 13.8. The number of halogens is 1. The Balaban J connectivity index is 2.11. The minimum atomic E-state index is -0.630. The molecular formula is C11H9ClN4O3. The molecule has 0 saturated heterocycles. The van der Waals surface area contributed by atoms with Gasteiger partial charge in [-0.05, 0) is 12.1 Å². The lowest BCUT2D eigenvalue weighted by Gasteiger charge is -2.04. The van der Waals surface area contributed by atoms with E-state index in [4.69, 9.17) is 11.6 Å². The number of carbonyl (C=O) groups excluding carboxylic acids is 1. The summed E-state index contributed by atoms with van der Waals surface area (Å²) in [6.45, 7) is 0.283. The lowest BCUT2D eigenvalue weighted by molar-refractivity contribution is -0.384. The van der Waals surface area contributed by atoms with Crippen LogP contribution in [0, 0.1) is 10.1 Å². The van der Waals surface area contributed by atoms with Gasteiger partial charge in [-0.25, -0.2) is 0 Å². The first-order chi connectivity index (χ1) is 9.08. The first kappa shape index (κ1) is 13.0. The number of H-pyrrole nitrogens is 1. The largest absolute Gasteiger partial charge is 0.348 e. The Morgan fingerprint density at radius 3 is 2.95 bits per heavy atom. The fourth-order valence-electron chi connectivity index (χ4n) is 1.45. The average Bonchev–Trinajstić information content (AvgIpc) is 2.89. The third-order valence-electron chi connectivity index (χ3n) is 2.41. The number of hydrogen-bond donors (Lipinski definition) is 2. The zero-order valence-electron chi connectivity index (χ0n) is 9.59. The fraction of sp³-hybridized carbons (Fsp3) is 0.0909. The highest BCUT2D eigenvalue weighted by Gasteiger charge is 2.16. The second-order valence-electron chi connectivity index (χ2n) is 3.71. The molecule has 0 bridgehead atoms. The molecule has 98 valence electrons. The molecule has 0 aliphatic carbocycles. The number of carbonyl (C=O) groups is 1. The molecule has 2 rings (SSSR count). The predicted octanol–water partition coefficient (Wildman–Crippen LogP) is 1.90. The standard InChI is InChI=1S/C11H9ClN4O3/c12-9-2-1-8(3-10(9)16(18)19)11(17)13-4-7-5-14-15-6-7/h1-3,5-6H,4H2,(H,13,17)(H,14,15). The van der Waals surface area contributed by atoms with Gasteiger partial charge in [0.05, 0.1) is 11.1 Å². The number of benzene rings is 1. The van der Waals surface area contributed by atoms with Gasteiger partial charge in [-0.2, -0.15) is 5.10 Å². The Morgan fingerprint density at radius 2 is 2.32 bits per heavy atom. The summed E-state index contributed by atoms with van der Waals surface area (Å²) in [5, 5.41) is 19.7. The number of hydrogen-bond acceptors (Lipinski definition) is 4. The zero-order valence-corrected chi connectivity index (χ0v) is 10.3. The van der Waals surface area contributed by atoms with Gasteiger partial charge >= 0.3 is 0 Å². The van der Waals surface area contributed by atoms with Crippen LogP contribution in [0.5, 0.6) is 0 Å². The molecule has 8 heteroatoms. The van der Waals surface area contributed by atoms with Crippen LogP contribution in [-0.2, 0) is 6.54 Å². The first-order valence-electron chi connectivity index (χ1n) is 5.27. The molecule has 19 heavy (non-hydrogen) atoms. The monoisotopic (exact) mass is 280 g/mol. The highest BCUT2D eigenvalue weighted by atomic mass is 35.5. The van der Waals surface area contributed by atoms with E-state index in [1.54, 1.807) is 12.4 Å². The van der Waals surface area contributed by atoms with Crippen molar-refractivity contribution in [2.45, 2.75) is 6.54 Å². The van der Waals surface area contributed by atoms with Crippen molar-refractivity contribution in [3.05, 3.63) is 56.9 Å². The number of nitrogens with one attached hydrogen (secondary N) is 2. The average molecular weight is 281 g/mol. The molecule has 0 saturated carbocycles. The maximum Gasteiger partial charge on any atom is 0.288 e. The van der Waals surface area contributed by atoms with E-state index in [1.807, 2.05) is 0 Å². The maximum absolute atomic E-state index is 11.8. The first-order valence-corrected chi connectivity index (χ1v) is 5.65. The molecule has 2 N–H and O–H groups in total. The van der Waals surface area contributed by atoms with Gasteiger partial charge in [0.1, 0.15) is 5.02 Å². The summed E-state index contributed by atoms with van der Waals surface area (Å²) >= 11 is 5.67. The predicted molar refractivity (Wildman–Crippen MR) is 67.9 cm³/mol. The molecular weight excluding hydrogens is 272 g/mol. The SMILES string of the molecule is O=C(NCc1cn[nH]c1)c1ccc(Cl)c([N+](=O)[O-])c1. The highest BCUT2D eigenvalue weighted by Crippen LogP contribution is 2.24. The smallest absolute Gasteiger partial charge is 0.288 e. The van der Waals surface area contributed by atoms with E-state index in [2.05, 4.69) is 15.5 Å². The summed E-state index contributed by atoms with van der Waals surface area (Å²) in [5.74, 6) is -0.416. The number of nitro groups is 1. The number of rotatable bonds is 4. The maximum atomic E-state index is 11.8. The summed E-state index contributed by atoms with van der Waals surface area (Å²) in [7, 11) is 0. The van der Waals surface area contributed by atoms with Crippen LogP contribution in [0.25, 0.3) is 0 Å². The van der Waals surface area contributed by atoms with E-state index in [0.717, 1.165) is 11.6 Å². The van der Waals surface area contributed by atoms with E-state index < -0.39 is 10.8 Å². The highest BCUT2D eigenvalue weighted by molar-refractivity contribution is 6.32. The van der Waals surface area contributed by atoms with Gasteiger partial charge in [0, 0.05) is 29.9 Å².